The maximum atomic E-state index is 12.9. The topological polar surface area (TPSA) is 80.1 Å². The van der Waals surface area contributed by atoms with Crippen LogP contribution < -0.4 is 5.32 Å². The van der Waals surface area contributed by atoms with Gasteiger partial charge >= 0.3 is 0 Å². The molecule has 8 heteroatoms. The van der Waals surface area contributed by atoms with Gasteiger partial charge in [0.2, 0.25) is 11.8 Å². The molecule has 1 aliphatic rings. The van der Waals surface area contributed by atoms with Crippen molar-refractivity contribution in [2.75, 3.05) is 24.2 Å². The molecule has 166 valence electrons. The zero-order valence-electron chi connectivity index (χ0n) is 18.3. The fourth-order valence-corrected chi connectivity index (χ4v) is 4.75. The number of hydrogen-bond donors (Lipinski definition) is 1. The van der Waals surface area contributed by atoms with Crippen molar-refractivity contribution in [1.29, 1.82) is 0 Å². The Hall–Kier alpha value is -3.13. The summed E-state index contributed by atoms with van der Waals surface area (Å²) in [6, 6.07) is 11.9. The molecule has 1 unspecified atom stereocenters. The Morgan fingerprint density at radius 2 is 1.91 bits per heavy atom. The van der Waals surface area contributed by atoms with Crippen molar-refractivity contribution >= 4 is 29.4 Å². The van der Waals surface area contributed by atoms with Crippen molar-refractivity contribution in [2.45, 2.75) is 31.8 Å². The average molecular weight is 450 g/mol. The average Bonchev–Trinajstić information content (AvgIpc) is 3.27. The van der Waals surface area contributed by atoms with E-state index in [-0.39, 0.29) is 23.5 Å². The largest absolute Gasteiger partial charge is 0.341 e. The smallest absolute Gasteiger partial charge is 0.233 e. The molecule has 7 nitrogen and oxygen atoms in total. The first-order valence-electron chi connectivity index (χ1n) is 10.8. The highest BCUT2D eigenvalue weighted by Crippen LogP contribution is 2.24. The summed E-state index contributed by atoms with van der Waals surface area (Å²) in [5.74, 6) is 0.594. The molecule has 1 atom stereocenters. The van der Waals surface area contributed by atoms with E-state index in [1.165, 1.54) is 11.8 Å². The van der Waals surface area contributed by atoms with Gasteiger partial charge in [-0.3, -0.25) is 14.2 Å². The number of amides is 2. The Kier molecular flexibility index (Phi) is 6.90. The van der Waals surface area contributed by atoms with Crippen LogP contribution in [0.4, 0.5) is 5.82 Å². The Balaban J connectivity index is 1.35. The van der Waals surface area contributed by atoms with Crippen LogP contribution in [-0.2, 0) is 9.59 Å². The third-order valence-electron chi connectivity index (χ3n) is 5.70. The molecule has 3 aromatic rings. The molecule has 0 aliphatic carbocycles. The Morgan fingerprint density at radius 3 is 2.72 bits per heavy atom. The van der Waals surface area contributed by atoms with E-state index in [1.807, 2.05) is 48.0 Å². The van der Waals surface area contributed by atoms with Gasteiger partial charge in [-0.25, -0.2) is 9.97 Å². The lowest BCUT2D eigenvalue weighted by Crippen LogP contribution is -2.44. The van der Waals surface area contributed by atoms with E-state index in [1.54, 1.807) is 17.3 Å². The van der Waals surface area contributed by atoms with Crippen LogP contribution in [0.1, 0.15) is 24.0 Å². The first-order valence-corrected chi connectivity index (χ1v) is 11.7. The Morgan fingerprint density at radius 1 is 1.09 bits per heavy atom. The third-order valence-corrected chi connectivity index (χ3v) is 6.65. The molecule has 3 heterocycles. The van der Waals surface area contributed by atoms with E-state index < -0.39 is 0 Å². The second-order valence-corrected chi connectivity index (χ2v) is 8.93. The van der Waals surface area contributed by atoms with Crippen LogP contribution in [0.15, 0.2) is 60.1 Å². The fourth-order valence-electron chi connectivity index (χ4n) is 3.88. The van der Waals surface area contributed by atoms with Crippen LogP contribution >= 0.6 is 11.8 Å². The molecule has 0 saturated carbocycles. The standard InChI is InChI=1S/C24H27N5O2S/c1-17-7-3-4-10-20(17)29-14-12-26-24(29)32-16-21(30)28-13-6-9-19(15-28)23(31)27-22-18(2)8-5-11-25-22/h3-5,7-8,10-12,14,19H,6,9,13,15-16H2,1-2H3,(H,25,27,31). The quantitative estimate of drug-likeness (QED) is 0.578. The van der Waals surface area contributed by atoms with Gasteiger partial charge < -0.3 is 10.2 Å². The summed E-state index contributed by atoms with van der Waals surface area (Å²) >= 11 is 1.42. The van der Waals surface area contributed by atoms with Gasteiger partial charge in [0.1, 0.15) is 5.82 Å². The number of pyridine rings is 1. The second-order valence-electron chi connectivity index (χ2n) is 7.99. The van der Waals surface area contributed by atoms with Crippen LogP contribution in [0.3, 0.4) is 0 Å². The molecule has 32 heavy (non-hydrogen) atoms. The van der Waals surface area contributed by atoms with Gasteiger partial charge in [0, 0.05) is 31.7 Å². The number of rotatable bonds is 6. The second kappa shape index (κ2) is 9.99. The molecule has 1 aliphatic heterocycles. The van der Waals surface area contributed by atoms with Crippen LogP contribution in [-0.4, -0.2) is 50.1 Å². The molecule has 2 aromatic heterocycles. The van der Waals surface area contributed by atoms with Crippen LogP contribution in [0.2, 0.25) is 0 Å². The minimum atomic E-state index is -0.229. The summed E-state index contributed by atoms with van der Waals surface area (Å²) in [6.45, 7) is 5.08. The molecule has 1 saturated heterocycles. The number of para-hydroxylation sites is 1. The number of carbonyl (C=O) groups excluding carboxylic acids is 2. The summed E-state index contributed by atoms with van der Waals surface area (Å²) in [5, 5.41) is 3.70. The summed E-state index contributed by atoms with van der Waals surface area (Å²) < 4.78 is 2.01. The molecule has 1 aromatic carbocycles. The van der Waals surface area contributed by atoms with Crippen molar-refractivity contribution in [3.05, 3.63) is 66.1 Å². The summed E-state index contributed by atoms with van der Waals surface area (Å²) in [6.07, 6.45) is 6.91. The van der Waals surface area contributed by atoms with Gasteiger partial charge in [-0.1, -0.05) is 36.0 Å². The number of aromatic nitrogens is 3. The van der Waals surface area contributed by atoms with Crippen LogP contribution in [0, 0.1) is 19.8 Å². The molecule has 2 amide bonds. The number of hydrogen-bond acceptors (Lipinski definition) is 5. The lowest BCUT2D eigenvalue weighted by Gasteiger charge is -2.32. The van der Waals surface area contributed by atoms with Gasteiger partial charge in [-0.2, -0.15) is 0 Å². The number of aryl methyl sites for hydroxylation is 2. The van der Waals surface area contributed by atoms with Crippen LogP contribution in [0.5, 0.6) is 0 Å². The zero-order valence-corrected chi connectivity index (χ0v) is 19.1. The first-order chi connectivity index (χ1) is 15.5. The maximum Gasteiger partial charge on any atom is 0.233 e. The number of nitrogens with zero attached hydrogens (tertiary/aromatic N) is 4. The number of imidazole rings is 1. The van der Waals surface area contributed by atoms with Crippen LogP contribution in [0.25, 0.3) is 5.69 Å². The molecular weight excluding hydrogens is 422 g/mol. The SMILES string of the molecule is Cc1ccccc1-n1ccnc1SCC(=O)N1CCCC(C(=O)Nc2ncccc2C)C1. The van der Waals surface area contributed by atoms with E-state index in [0.717, 1.165) is 34.8 Å². The summed E-state index contributed by atoms with van der Waals surface area (Å²) in [4.78, 5) is 36.1. The normalized spacial score (nSPS) is 16.1. The van der Waals surface area contributed by atoms with Crippen molar-refractivity contribution in [3.8, 4) is 5.69 Å². The number of benzene rings is 1. The molecule has 4 rings (SSSR count). The molecule has 0 spiro atoms. The third kappa shape index (κ3) is 5.02. The summed E-state index contributed by atoms with van der Waals surface area (Å²) in [7, 11) is 0. The van der Waals surface area contributed by atoms with Crippen molar-refractivity contribution in [1.82, 2.24) is 19.4 Å². The van der Waals surface area contributed by atoms with Crippen molar-refractivity contribution in [2.24, 2.45) is 5.92 Å². The summed E-state index contributed by atoms with van der Waals surface area (Å²) in [5.41, 5.74) is 3.12. The highest BCUT2D eigenvalue weighted by molar-refractivity contribution is 7.99. The lowest BCUT2D eigenvalue weighted by molar-refractivity contribution is -0.132. The van der Waals surface area contributed by atoms with Gasteiger partial charge in [0.25, 0.3) is 0 Å². The molecule has 0 bridgehead atoms. The van der Waals surface area contributed by atoms with Gasteiger partial charge in [-0.15, -0.1) is 0 Å². The highest BCUT2D eigenvalue weighted by Gasteiger charge is 2.29. The maximum absolute atomic E-state index is 12.9. The first kappa shape index (κ1) is 22.1. The van der Waals surface area contributed by atoms with E-state index >= 15 is 0 Å². The Labute approximate surface area is 192 Å². The number of anilines is 1. The van der Waals surface area contributed by atoms with E-state index in [2.05, 4.69) is 28.3 Å². The van der Waals surface area contributed by atoms with Gasteiger partial charge in [-0.05, 0) is 49.9 Å². The van der Waals surface area contributed by atoms with E-state index in [0.29, 0.717) is 18.9 Å². The molecular formula is C24H27N5O2S. The predicted octanol–water partition coefficient (Wildman–Crippen LogP) is 3.85. The van der Waals surface area contributed by atoms with E-state index in [4.69, 9.17) is 0 Å². The number of carbonyl (C=O) groups is 2. The van der Waals surface area contributed by atoms with E-state index in [9.17, 15) is 9.59 Å². The zero-order chi connectivity index (χ0) is 22.5. The molecule has 1 N–H and O–H groups in total. The minimum absolute atomic E-state index is 0.0286. The lowest BCUT2D eigenvalue weighted by atomic mass is 9.97. The number of likely N-dealkylation sites (tertiary alicyclic amines) is 1. The molecule has 0 radical (unpaired) electrons. The number of nitrogens with one attached hydrogen (secondary N) is 1. The number of thioether (sulfide) groups is 1. The Bertz CT molecular complexity index is 1110. The predicted molar refractivity (Wildman–Crippen MR) is 126 cm³/mol. The van der Waals surface area contributed by atoms with Crippen molar-refractivity contribution in [3.63, 3.8) is 0 Å². The van der Waals surface area contributed by atoms with Gasteiger partial charge in [0.15, 0.2) is 5.16 Å². The highest BCUT2D eigenvalue weighted by atomic mass is 32.2. The van der Waals surface area contributed by atoms with Crippen molar-refractivity contribution < 1.29 is 9.59 Å². The molecule has 1 fully saturated rings. The van der Waals surface area contributed by atoms with Gasteiger partial charge in [0.05, 0.1) is 17.4 Å². The minimum Gasteiger partial charge on any atom is -0.341 e. The number of piperidine rings is 1. The fraction of sp³-hybridized carbons (Fsp3) is 0.333. The monoisotopic (exact) mass is 449 g/mol.